The lowest BCUT2D eigenvalue weighted by Crippen LogP contribution is -1.94. The summed E-state index contributed by atoms with van der Waals surface area (Å²) in [5, 5.41) is 2.11. The van der Waals surface area contributed by atoms with E-state index in [1.807, 2.05) is 12.1 Å². The van der Waals surface area contributed by atoms with Crippen LogP contribution < -0.4 is 0 Å². The molecule has 1 aliphatic carbocycles. The zero-order valence-electron chi connectivity index (χ0n) is 17.6. The van der Waals surface area contributed by atoms with E-state index in [9.17, 15) is 0 Å². The number of benzene rings is 3. The monoisotopic (exact) mass is 411 g/mol. The summed E-state index contributed by atoms with van der Waals surface area (Å²) in [5.41, 5.74) is 9.74. The third-order valence-corrected chi connectivity index (χ3v) is 6.13. The van der Waals surface area contributed by atoms with E-state index in [0.29, 0.717) is 5.71 Å². The molecule has 0 saturated carbocycles. The van der Waals surface area contributed by atoms with E-state index in [0.717, 1.165) is 45.0 Å². The molecule has 0 atom stereocenters. The molecule has 5 aromatic rings. The molecule has 32 heavy (non-hydrogen) atoms. The van der Waals surface area contributed by atoms with Gasteiger partial charge in [0, 0.05) is 17.0 Å². The van der Waals surface area contributed by atoms with Crippen LogP contribution in [0.25, 0.3) is 44.3 Å². The molecule has 2 heteroatoms. The Labute approximate surface area is 186 Å². The summed E-state index contributed by atoms with van der Waals surface area (Å²) in [6, 6.07) is 27.5. The van der Waals surface area contributed by atoms with Gasteiger partial charge >= 0.3 is 0 Å². The van der Waals surface area contributed by atoms with E-state index in [1.54, 1.807) is 6.20 Å². The molecule has 152 valence electrons. The molecule has 1 aliphatic rings. The lowest BCUT2D eigenvalue weighted by molar-refractivity contribution is 0.654. The van der Waals surface area contributed by atoms with E-state index >= 15 is 0 Å². The van der Waals surface area contributed by atoms with Crippen LogP contribution in [0.1, 0.15) is 16.7 Å². The molecule has 0 fully saturated rings. The Morgan fingerprint density at radius 3 is 2.50 bits per heavy atom. The number of allylic oxidation sites excluding steroid dienone is 5. The Bertz CT molecular complexity index is 1560. The predicted molar refractivity (Wildman–Crippen MR) is 133 cm³/mol. The number of fused-ring (bicyclic) bond motifs is 6. The van der Waals surface area contributed by atoms with Crippen molar-refractivity contribution in [3.63, 3.8) is 0 Å². The second-order valence-corrected chi connectivity index (χ2v) is 8.10. The first-order chi connectivity index (χ1) is 15.8. The average Bonchev–Trinajstić information content (AvgIpc) is 3.21. The third-order valence-electron chi connectivity index (χ3n) is 6.13. The number of hydrogen-bond acceptors (Lipinski definition) is 2. The van der Waals surface area contributed by atoms with Crippen molar-refractivity contribution in [2.24, 2.45) is 0 Å². The van der Waals surface area contributed by atoms with Crippen molar-refractivity contribution in [2.45, 2.75) is 6.42 Å². The van der Waals surface area contributed by atoms with E-state index in [4.69, 9.17) is 4.42 Å². The second kappa shape index (κ2) is 7.51. The minimum absolute atomic E-state index is 0.671. The van der Waals surface area contributed by atoms with Crippen LogP contribution in [0.15, 0.2) is 114 Å². The molecule has 0 bridgehead atoms. The molecule has 2 aromatic heterocycles. The molecule has 2 heterocycles. The lowest BCUT2D eigenvalue weighted by atomic mass is 9.88. The first-order valence-electron chi connectivity index (χ1n) is 10.8. The van der Waals surface area contributed by atoms with E-state index in [1.165, 1.54) is 16.7 Å². The molecule has 0 radical (unpaired) electrons. The molecule has 2 nitrogen and oxygen atoms in total. The van der Waals surface area contributed by atoms with Crippen LogP contribution in [0, 0.1) is 0 Å². The minimum atomic E-state index is 0.671. The van der Waals surface area contributed by atoms with Crippen LogP contribution in [0.5, 0.6) is 0 Å². The largest absolute Gasteiger partial charge is 0.438 e. The molecule has 0 N–H and O–H groups in total. The molecule has 0 saturated heterocycles. The summed E-state index contributed by atoms with van der Waals surface area (Å²) < 4.78 is 5.92. The van der Waals surface area contributed by atoms with Crippen LogP contribution in [0.4, 0.5) is 0 Å². The molecule has 0 unspecified atom stereocenters. The Morgan fingerprint density at radius 1 is 0.781 bits per heavy atom. The fourth-order valence-electron chi connectivity index (χ4n) is 4.56. The van der Waals surface area contributed by atoms with Gasteiger partial charge in [0.1, 0.15) is 5.58 Å². The van der Waals surface area contributed by atoms with Crippen LogP contribution in [-0.4, -0.2) is 4.98 Å². The van der Waals surface area contributed by atoms with Gasteiger partial charge in [0.2, 0.25) is 5.71 Å². The molecule has 0 aliphatic heterocycles. The predicted octanol–water partition coefficient (Wildman–Crippen LogP) is 7.86. The summed E-state index contributed by atoms with van der Waals surface area (Å²) in [5.74, 6) is 0. The van der Waals surface area contributed by atoms with Crippen molar-refractivity contribution >= 4 is 33.2 Å². The maximum absolute atomic E-state index is 5.92. The normalized spacial score (nSPS) is 16.2. The van der Waals surface area contributed by atoms with Crippen LogP contribution in [0.2, 0.25) is 0 Å². The van der Waals surface area contributed by atoms with Gasteiger partial charge in [-0.3, -0.25) is 0 Å². The van der Waals surface area contributed by atoms with Gasteiger partial charge in [0.25, 0.3) is 0 Å². The summed E-state index contributed by atoms with van der Waals surface area (Å²) >= 11 is 0. The van der Waals surface area contributed by atoms with Crippen molar-refractivity contribution in [2.75, 3.05) is 0 Å². The standard InChI is InChI=1S/C30H21NO/c1-20-18-22(23-15-16-29-28(19-23)27-14-7-17-31-30(27)32-29)10-6-9-21-8-2-3-12-25(21)26-13-5-4-11-24(20)26/h2-8,10-19H,1,9H2/b10-6-,22-18+. The number of pyridine rings is 1. The smallest absolute Gasteiger partial charge is 0.227 e. The minimum Gasteiger partial charge on any atom is -0.438 e. The van der Waals surface area contributed by atoms with Gasteiger partial charge in [-0.1, -0.05) is 73.3 Å². The van der Waals surface area contributed by atoms with Crippen LogP contribution in [0.3, 0.4) is 0 Å². The third kappa shape index (κ3) is 3.09. The second-order valence-electron chi connectivity index (χ2n) is 8.10. The fourth-order valence-corrected chi connectivity index (χ4v) is 4.56. The van der Waals surface area contributed by atoms with E-state index in [2.05, 4.69) is 96.5 Å². The van der Waals surface area contributed by atoms with Gasteiger partial charge in [-0.25, -0.2) is 4.98 Å². The fraction of sp³-hybridized carbons (Fsp3) is 0.0333. The number of furan rings is 1. The Morgan fingerprint density at radius 2 is 1.59 bits per heavy atom. The zero-order chi connectivity index (χ0) is 21.5. The van der Waals surface area contributed by atoms with Gasteiger partial charge < -0.3 is 4.42 Å². The summed E-state index contributed by atoms with van der Waals surface area (Å²) in [4.78, 5) is 4.36. The Balaban J connectivity index is 1.53. The molecule has 3 aromatic carbocycles. The highest BCUT2D eigenvalue weighted by Gasteiger charge is 2.13. The van der Waals surface area contributed by atoms with Gasteiger partial charge in [-0.05, 0) is 75.7 Å². The molecular formula is C30H21NO. The highest BCUT2D eigenvalue weighted by atomic mass is 16.3. The number of hydrogen-bond donors (Lipinski definition) is 0. The van der Waals surface area contributed by atoms with Crippen molar-refractivity contribution in [3.8, 4) is 11.1 Å². The first kappa shape index (κ1) is 18.6. The first-order valence-corrected chi connectivity index (χ1v) is 10.8. The summed E-state index contributed by atoms with van der Waals surface area (Å²) in [7, 11) is 0. The molecule has 0 amide bonds. The topological polar surface area (TPSA) is 26.0 Å². The van der Waals surface area contributed by atoms with Gasteiger partial charge in [-0.2, -0.15) is 0 Å². The highest BCUT2D eigenvalue weighted by Crippen LogP contribution is 2.35. The molecule has 0 spiro atoms. The van der Waals surface area contributed by atoms with Gasteiger partial charge in [0.05, 0.1) is 0 Å². The van der Waals surface area contributed by atoms with Crippen molar-refractivity contribution in [1.29, 1.82) is 0 Å². The maximum atomic E-state index is 5.92. The number of rotatable bonds is 1. The van der Waals surface area contributed by atoms with Crippen molar-refractivity contribution in [1.82, 2.24) is 4.98 Å². The lowest BCUT2D eigenvalue weighted by Gasteiger charge is -2.16. The Hall–Kier alpha value is -4.17. The molecular weight excluding hydrogens is 390 g/mol. The van der Waals surface area contributed by atoms with E-state index < -0.39 is 0 Å². The average molecular weight is 412 g/mol. The summed E-state index contributed by atoms with van der Waals surface area (Å²) in [6.45, 7) is 4.44. The summed E-state index contributed by atoms with van der Waals surface area (Å²) in [6.07, 6.45) is 9.26. The maximum Gasteiger partial charge on any atom is 0.227 e. The van der Waals surface area contributed by atoms with Crippen molar-refractivity contribution in [3.05, 3.63) is 127 Å². The van der Waals surface area contributed by atoms with Crippen molar-refractivity contribution < 1.29 is 4.42 Å². The SMILES string of the molecule is C=C1/C=C(c2ccc3oc4ncccc4c3c2)\C=C/Cc2ccccc2-c2ccccc21. The zero-order valence-corrected chi connectivity index (χ0v) is 17.6. The van der Waals surface area contributed by atoms with Crippen LogP contribution >= 0.6 is 0 Å². The Kier molecular flexibility index (Phi) is 4.36. The quantitative estimate of drug-likeness (QED) is 0.281. The number of nitrogens with zero attached hydrogens (tertiary/aromatic N) is 1. The highest BCUT2D eigenvalue weighted by molar-refractivity contribution is 6.05. The number of aromatic nitrogens is 1. The van der Waals surface area contributed by atoms with Gasteiger partial charge in [0.15, 0.2) is 0 Å². The van der Waals surface area contributed by atoms with Crippen LogP contribution in [-0.2, 0) is 6.42 Å². The van der Waals surface area contributed by atoms with E-state index in [-0.39, 0.29) is 0 Å². The molecule has 6 rings (SSSR count). The van der Waals surface area contributed by atoms with Gasteiger partial charge in [-0.15, -0.1) is 0 Å².